The highest BCUT2D eigenvalue weighted by atomic mass is 32.2. The van der Waals surface area contributed by atoms with Crippen molar-refractivity contribution in [2.24, 2.45) is 11.7 Å². The van der Waals surface area contributed by atoms with Gasteiger partial charge in [-0.25, -0.2) is 8.42 Å². The lowest BCUT2D eigenvalue weighted by Crippen LogP contribution is -2.54. The first-order valence-corrected chi connectivity index (χ1v) is 15.2. The predicted molar refractivity (Wildman–Crippen MR) is 155 cm³/mol. The van der Waals surface area contributed by atoms with E-state index in [1.54, 1.807) is 43.9 Å². The molecule has 0 radical (unpaired) electrons. The van der Waals surface area contributed by atoms with Gasteiger partial charge in [0.05, 0.1) is 17.9 Å². The third-order valence-corrected chi connectivity index (χ3v) is 8.44. The Hall–Kier alpha value is -3.71. The minimum absolute atomic E-state index is 0.0230. The van der Waals surface area contributed by atoms with Crippen molar-refractivity contribution in [3.63, 3.8) is 0 Å². The fourth-order valence-corrected chi connectivity index (χ4v) is 6.02. The first-order valence-electron chi connectivity index (χ1n) is 13.7. The molecule has 2 amide bonds. The molecule has 0 aliphatic carbocycles. The Bertz CT molecular complexity index is 1360. The van der Waals surface area contributed by atoms with Crippen LogP contribution in [0.1, 0.15) is 40.0 Å². The molecule has 0 bridgehead atoms. The molecular weight excluding hydrogens is 548 g/mol. The van der Waals surface area contributed by atoms with Crippen LogP contribution in [0.15, 0.2) is 47.4 Å². The minimum Gasteiger partial charge on any atom is -0.465 e. The van der Waals surface area contributed by atoms with Crippen molar-refractivity contribution in [1.29, 1.82) is 5.41 Å². The molecule has 5 N–H and O–H groups in total. The van der Waals surface area contributed by atoms with Crippen LogP contribution < -0.4 is 15.8 Å². The van der Waals surface area contributed by atoms with Crippen LogP contribution in [0.4, 0.5) is 0 Å². The minimum atomic E-state index is -4.23. The summed E-state index contributed by atoms with van der Waals surface area (Å²) in [6.45, 7) is 6.26. The summed E-state index contributed by atoms with van der Waals surface area (Å²) in [6, 6.07) is 9.94. The van der Waals surface area contributed by atoms with Crippen molar-refractivity contribution in [2.75, 3.05) is 32.8 Å². The van der Waals surface area contributed by atoms with Gasteiger partial charge in [0.2, 0.25) is 21.8 Å². The number of likely N-dealkylation sites (tertiary alicyclic amines) is 1. The van der Waals surface area contributed by atoms with E-state index in [1.165, 1.54) is 17.0 Å². The van der Waals surface area contributed by atoms with Gasteiger partial charge in [0.25, 0.3) is 0 Å². The highest BCUT2D eigenvalue weighted by molar-refractivity contribution is 7.89. The van der Waals surface area contributed by atoms with Crippen molar-refractivity contribution in [3.8, 4) is 0 Å². The van der Waals surface area contributed by atoms with Gasteiger partial charge < -0.3 is 25.6 Å². The van der Waals surface area contributed by atoms with Gasteiger partial charge in [0, 0.05) is 25.7 Å². The molecule has 1 aliphatic rings. The first kappa shape index (κ1) is 31.8. The highest BCUT2D eigenvalue weighted by Crippen LogP contribution is 2.20. The number of sulfonamides is 1. The van der Waals surface area contributed by atoms with Gasteiger partial charge in [-0.2, -0.15) is 4.72 Å². The molecule has 224 valence electrons. The van der Waals surface area contributed by atoms with Crippen molar-refractivity contribution in [1.82, 2.24) is 19.8 Å². The fourth-order valence-electron chi connectivity index (χ4n) is 4.80. The van der Waals surface area contributed by atoms with Crippen LogP contribution in [-0.4, -0.2) is 86.8 Å². The number of benzene rings is 2. The maximum absolute atomic E-state index is 13.7. The van der Waals surface area contributed by atoms with Crippen LogP contribution in [0.25, 0.3) is 10.8 Å². The molecule has 13 heteroatoms. The van der Waals surface area contributed by atoms with Gasteiger partial charge in [0.15, 0.2) is 5.96 Å². The van der Waals surface area contributed by atoms with Crippen LogP contribution in [0.3, 0.4) is 0 Å². The zero-order valence-electron chi connectivity index (χ0n) is 23.8. The molecule has 2 aromatic carbocycles. The predicted octanol–water partition coefficient (Wildman–Crippen LogP) is 1.40. The van der Waals surface area contributed by atoms with Gasteiger partial charge in [-0.3, -0.25) is 19.8 Å². The molecule has 2 aromatic rings. The average molecular weight is 589 g/mol. The number of piperidine rings is 1. The van der Waals surface area contributed by atoms with E-state index >= 15 is 0 Å². The molecule has 1 unspecified atom stereocenters. The van der Waals surface area contributed by atoms with Gasteiger partial charge in [0.1, 0.15) is 12.6 Å². The number of nitrogens with zero attached hydrogens (tertiary/aromatic N) is 2. The number of hydrogen-bond donors (Lipinski definition) is 4. The van der Waals surface area contributed by atoms with Crippen molar-refractivity contribution in [3.05, 3.63) is 42.5 Å². The summed E-state index contributed by atoms with van der Waals surface area (Å²) < 4.78 is 34.3. The first-order chi connectivity index (χ1) is 19.4. The summed E-state index contributed by atoms with van der Waals surface area (Å²) in [4.78, 5) is 41.8. The lowest BCUT2D eigenvalue weighted by atomic mass is 9.98. The van der Waals surface area contributed by atoms with Gasteiger partial charge in [-0.05, 0) is 62.4 Å². The van der Waals surface area contributed by atoms with E-state index in [1.807, 2.05) is 12.1 Å². The summed E-state index contributed by atoms with van der Waals surface area (Å²) in [6.07, 6.45) is 1.19. The highest BCUT2D eigenvalue weighted by Gasteiger charge is 2.34. The molecule has 1 fully saturated rings. The number of fused-ring (bicyclic) bond motifs is 1. The molecule has 0 saturated carbocycles. The van der Waals surface area contributed by atoms with E-state index in [-0.39, 0.29) is 36.5 Å². The lowest BCUT2D eigenvalue weighted by Gasteiger charge is -2.33. The Balaban J connectivity index is 1.81. The molecule has 1 heterocycles. The number of ether oxygens (including phenoxy) is 1. The van der Waals surface area contributed by atoms with Gasteiger partial charge in [-0.15, -0.1) is 0 Å². The topological polar surface area (TPSA) is 175 Å². The van der Waals surface area contributed by atoms with E-state index in [2.05, 4.69) is 10.0 Å². The van der Waals surface area contributed by atoms with Crippen LogP contribution >= 0.6 is 0 Å². The van der Waals surface area contributed by atoms with Gasteiger partial charge in [-0.1, -0.05) is 30.3 Å². The Morgan fingerprint density at radius 1 is 1.17 bits per heavy atom. The molecule has 1 aliphatic heterocycles. The number of rotatable bonds is 12. The number of carbonyl (C=O) groups is 3. The SMILES string of the molecule is CCOC(=O)CN(C(=O)[C@H](CC(=O)NCC1CCCN(C(=N)N)C1)NS(=O)(=O)c1ccc2ccccc2c1)C(C)C. The monoisotopic (exact) mass is 588 g/mol. The molecule has 0 spiro atoms. The Labute approximate surface area is 241 Å². The van der Waals surface area contributed by atoms with E-state index in [0.717, 1.165) is 18.2 Å². The summed E-state index contributed by atoms with van der Waals surface area (Å²) >= 11 is 0. The summed E-state index contributed by atoms with van der Waals surface area (Å²) in [5.41, 5.74) is 5.61. The number of amides is 2. The van der Waals surface area contributed by atoms with Crippen molar-refractivity contribution >= 4 is 44.5 Å². The van der Waals surface area contributed by atoms with Gasteiger partial charge >= 0.3 is 5.97 Å². The number of hydrogen-bond acceptors (Lipinski definition) is 7. The van der Waals surface area contributed by atoms with Crippen LogP contribution in [0, 0.1) is 11.3 Å². The molecule has 0 aromatic heterocycles. The van der Waals surface area contributed by atoms with E-state index in [4.69, 9.17) is 15.9 Å². The molecule has 3 rings (SSSR count). The summed E-state index contributed by atoms with van der Waals surface area (Å²) in [5, 5.41) is 12.0. The number of nitrogens with two attached hydrogens (primary N) is 1. The van der Waals surface area contributed by atoms with Crippen LogP contribution in [-0.2, 0) is 29.1 Å². The van der Waals surface area contributed by atoms with Crippen molar-refractivity contribution < 1.29 is 27.5 Å². The second-order valence-electron chi connectivity index (χ2n) is 10.4. The Kier molecular flexibility index (Phi) is 11.1. The van der Waals surface area contributed by atoms with Crippen molar-refractivity contribution in [2.45, 2.75) is 57.0 Å². The summed E-state index contributed by atoms with van der Waals surface area (Å²) in [7, 11) is -4.23. The zero-order chi connectivity index (χ0) is 30.2. The molecule has 1 saturated heterocycles. The van der Waals surface area contributed by atoms with E-state index in [9.17, 15) is 22.8 Å². The second kappa shape index (κ2) is 14.3. The third-order valence-electron chi connectivity index (χ3n) is 6.98. The van der Waals surface area contributed by atoms with E-state index in [0.29, 0.717) is 18.5 Å². The normalized spacial score (nSPS) is 16.3. The molecular formula is C28H40N6O6S. The van der Waals surface area contributed by atoms with Crippen LogP contribution in [0.5, 0.6) is 0 Å². The molecule has 41 heavy (non-hydrogen) atoms. The number of guanidine groups is 1. The average Bonchev–Trinajstić information content (AvgIpc) is 2.94. The van der Waals surface area contributed by atoms with E-state index < -0.39 is 46.3 Å². The zero-order valence-corrected chi connectivity index (χ0v) is 24.6. The maximum atomic E-state index is 13.7. The van der Waals surface area contributed by atoms with Crippen LogP contribution in [0.2, 0.25) is 0 Å². The standard InChI is InChI=1S/C28H40N6O6S/c1-4-40-26(36)18-34(19(2)3)27(37)24(15-25(35)31-16-20-8-7-13-33(17-20)28(29)30)32-41(38,39)23-12-11-21-9-5-6-10-22(21)14-23/h5-6,9-12,14,19-20,24,32H,4,7-8,13,15-18H2,1-3H3,(H3,29,30)(H,31,35)/t20?,24-/m0/s1. The number of esters is 1. The fraction of sp³-hybridized carbons (Fsp3) is 0.500. The molecule has 12 nitrogen and oxygen atoms in total. The quantitative estimate of drug-likeness (QED) is 0.163. The lowest BCUT2D eigenvalue weighted by molar-refractivity contribution is -0.150. The largest absolute Gasteiger partial charge is 0.465 e. The second-order valence-corrected chi connectivity index (χ2v) is 12.1. The Morgan fingerprint density at radius 2 is 1.88 bits per heavy atom. The summed E-state index contributed by atoms with van der Waals surface area (Å²) in [5.74, 6) is -1.85. The third kappa shape index (κ3) is 8.89. The smallest absolute Gasteiger partial charge is 0.325 e. The number of carbonyl (C=O) groups excluding carboxylic acids is 3. The number of nitrogens with one attached hydrogen (secondary N) is 3. The Morgan fingerprint density at radius 3 is 2.54 bits per heavy atom. The maximum Gasteiger partial charge on any atom is 0.325 e. The molecule has 2 atom stereocenters.